The first-order valence-electron chi connectivity index (χ1n) is 5.79. The normalized spacial score (nSPS) is 17.4. The molecule has 1 aliphatic rings. The van der Waals surface area contributed by atoms with Crippen molar-refractivity contribution in [3.05, 3.63) is 34.1 Å². The van der Waals surface area contributed by atoms with Gasteiger partial charge in [0.05, 0.1) is 0 Å². The van der Waals surface area contributed by atoms with Crippen LogP contribution in [0, 0.1) is 11.7 Å². The highest BCUT2D eigenvalue weighted by molar-refractivity contribution is 9.10. The maximum absolute atomic E-state index is 13.2. The van der Waals surface area contributed by atoms with Gasteiger partial charge < -0.3 is 5.32 Å². The third-order valence-corrected chi connectivity index (χ3v) is 3.59. The van der Waals surface area contributed by atoms with E-state index in [2.05, 4.69) is 21.2 Å². The predicted octanol–water partition coefficient (Wildman–Crippen LogP) is 3.52. The summed E-state index contributed by atoms with van der Waals surface area (Å²) in [6.45, 7) is 0. The van der Waals surface area contributed by atoms with E-state index in [4.69, 9.17) is 0 Å². The maximum atomic E-state index is 13.2. The van der Waals surface area contributed by atoms with Crippen LogP contribution in [0.5, 0.6) is 0 Å². The summed E-state index contributed by atoms with van der Waals surface area (Å²) in [4.78, 5) is 0. The van der Waals surface area contributed by atoms with Crippen molar-refractivity contribution in [1.82, 2.24) is 5.32 Å². The van der Waals surface area contributed by atoms with Gasteiger partial charge in [-0.2, -0.15) is 0 Å². The first kappa shape index (κ1) is 12.1. The van der Waals surface area contributed by atoms with E-state index >= 15 is 0 Å². The van der Waals surface area contributed by atoms with Gasteiger partial charge in [0.2, 0.25) is 0 Å². The monoisotopic (exact) mass is 285 g/mol. The van der Waals surface area contributed by atoms with E-state index < -0.39 is 0 Å². The van der Waals surface area contributed by atoms with E-state index in [1.165, 1.54) is 25.3 Å². The molecule has 1 aromatic rings. The van der Waals surface area contributed by atoms with E-state index in [0.29, 0.717) is 6.04 Å². The summed E-state index contributed by atoms with van der Waals surface area (Å²) in [5.74, 6) is 0.736. The summed E-state index contributed by atoms with van der Waals surface area (Å²) in [5.41, 5.74) is 1.06. The van der Waals surface area contributed by atoms with Crippen molar-refractivity contribution in [3.63, 3.8) is 0 Å². The summed E-state index contributed by atoms with van der Waals surface area (Å²) < 4.78 is 14.0. The summed E-state index contributed by atoms with van der Waals surface area (Å²) in [7, 11) is 1.99. The fourth-order valence-corrected chi connectivity index (χ4v) is 2.59. The van der Waals surface area contributed by atoms with Gasteiger partial charge in [-0.15, -0.1) is 0 Å². The number of rotatable bonds is 5. The molecule has 88 valence electrons. The van der Waals surface area contributed by atoms with Crippen molar-refractivity contribution in [2.75, 3.05) is 7.05 Å². The Kier molecular flexibility index (Phi) is 3.98. The van der Waals surface area contributed by atoms with E-state index in [0.717, 1.165) is 22.4 Å². The highest BCUT2D eigenvalue weighted by Gasteiger charge is 2.24. The molecule has 1 N–H and O–H groups in total. The molecule has 2 rings (SSSR count). The Labute approximate surface area is 105 Å². The van der Waals surface area contributed by atoms with Crippen LogP contribution in [0.1, 0.15) is 24.8 Å². The molecule has 0 spiro atoms. The van der Waals surface area contributed by atoms with Gasteiger partial charge in [-0.05, 0) is 49.6 Å². The van der Waals surface area contributed by atoms with Gasteiger partial charge in [0.1, 0.15) is 5.82 Å². The van der Waals surface area contributed by atoms with Gasteiger partial charge in [0.15, 0.2) is 0 Å². The third-order valence-electron chi connectivity index (χ3n) is 3.13. The van der Waals surface area contributed by atoms with E-state index in [9.17, 15) is 4.39 Å². The van der Waals surface area contributed by atoms with Gasteiger partial charge >= 0.3 is 0 Å². The lowest BCUT2D eigenvalue weighted by molar-refractivity contribution is 0.489. The van der Waals surface area contributed by atoms with Crippen LogP contribution < -0.4 is 5.32 Å². The number of hydrogen-bond donors (Lipinski definition) is 1. The topological polar surface area (TPSA) is 12.0 Å². The number of nitrogens with one attached hydrogen (secondary N) is 1. The standard InChI is InChI=1S/C13H17BrFN/c1-16-13(6-9-2-3-9)7-10-4-11(14)8-12(15)5-10/h4-5,8-9,13,16H,2-3,6-7H2,1H3. The van der Waals surface area contributed by atoms with E-state index in [1.54, 1.807) is 6.07 Å². The van der Waals surface area contributed by atoms with Crippen LogP contribution >= 0.6 is 15.9 Å². The molecule has 3 heteroatoms. The lowest BCUT2D eigenvalue weighted by Gasteiger charge is -2.16. The van der Waals surface area contributed by atoms with Crippen LogP contribution in [0.4, 0.5) is 4.39 Å². The molecule has 1 aliphatic carbocycles. The Hall–Kier alpha value is -0.410. The van der Waals surface area contributed by atoms with Crippen LogP contribution in [0.3, 0.4) is 0 Å². The second-order valence-electron chi connectivity index (χ2n) is 4.65. The zero-order valence-corrected chi connectivity index (χ0v) is 11.1. The van der Waals surface area contributed by atoms with Crippen molar-refractivity contribution < 1.29 is 4.39 Å². The fraction of sp³-hybridized carbons (Fsp3) is 0.538. The largest absolute Gasteiger partial charge is 0.317 e. The molecule has 1 atom stereocenters. The summed E-state index contributed by atoms with van der Waals surface area (Å²) >= 11 is 3.33. The van der Waals surface area contributed by atoms with Crippen molar-refractivity contribution >= 4 is 15.9 Å². The molecule has 0 aliphatic heterocycles. The number of halogens is 2. The molecule has 1 fully saturated rings. The minimum Gasteiger partial charge on any atom is -0.317 e. The zero-order chi connectivity index (χ0) is 11.5. The summed E-state index contributed by atoms with van der Waals surface area (Å²) in [6.07, 6.45) is 4.85. The lowest BCUT2D eigenvalue weighted by Crippen LogP contribution is -2.28. The van der Waals surface area contributed by atoms with Crippen molar-refractivity contribution in [2.45, 2.75) is 31.7 Å². The Morgan fingerprint density at radius 3 is 2.75 bits per heavy atom. The van der Waals surface area contributed by atoms with Crippen molar-refractivity contribution in [1.29, 1.82) is 0 Å². The third kappa shape index (κ3) is 3.56. The Morgan fingerprint density at radius 2 is 2.19 bits per heavy atom. The molecular weight excluding hydrogens is 269 g/mol. The SMILES string of the molecule is CNC(Cc1cc(F)cc(Br)c1)CC1CC1. The molecule has 0 radical (unpaired) electrons. The molecule has 0 bridgehead atoms. The maximum Gasteiger partial charge on any atom is 0.124 e. The highest BCUT2D eigenvalue weighted by atomic mass is 79.9. The number of likely N-dealkylation sites (N-methyl/N-ethyl adjacent to an activating group) is 1. The average Bonchev–Trinajstić information content (AvgIpc) is 2.99. The highest BCUT2D eigenvalue weighted by Crippen LogP contribution is 2.34. The lowest BCUT2D eigenvalue weighted by atomic mass is 10.0. The average molecular weight is 286 g/mol. The number of hydrogen-bond acceptors (Lipinski definition) is 1. The molecule has 1 saturated carbocycles. The first-order valence-corrected chi connectivity index (χ1v) is 6.59. The minimum atomic E-state index is -0.161. The molecule has 1 aromatic carbocycles. The fourth-order valence-electron chi connectivity index (χ4n) is 2.07. The molecule has 0 amide bonds. The molecule has 1 unspecified atom stereocenters. The molecule has 0 aromatic heterocycles. The van der Waals surface area contributed by atoms with Crippen LogP contribution in [0.25, 0.3) is 0 Å². The summed E-state index contributed by atoms with van der Waals surface area (Å²) in [6, 6.07) is 5.60. The minimum absolute atomic E-state index is 0.161. The molecule has 16 heavy (non-hydrogen) atoms. The van der Waals surface area contributed by atoms with Gasteiger partial charge in [-0.3, -0.25) is 0 Å². The molecular formula is C13H17BrFN. The molecule has 0 saturated heterocycles. The number of benzene rings is 1. The Morgan fingerprint density at radius 1 is 1.44 bits per heavy atom. The van der Waals surface area contributed by atoms with Gasteiger partial charge in [-0.1, -0.05) is 28.8 Å². The van der Waals surface area contributed by atoms with E-state index in [1.807, 2.05) is 13.1 Å². The predicted molar refractivity (Wildman–Crippen MR) is 68.0 cm³/mol. The van der Waals surface area contributed by atoms with Crippen LogP contribution in [0.2, 0.25) is 0 Å². The van der Waals surface area contributed by atoms with Gasteiger partial charge in [0.25, 0.3) is 0 Å². The van der Waals surface area contributed by atoms with Crippen molar-refractivity contribution in [3.8, 4) is 0 Å². The second kappa shape index (κ2) is 5.28. The second-order valence-corrected chi connectivity index (χ2v) is 5.56. The van der Waals surface area contributed by atoms with Crippen molar-refractivity contribution in [2.24, 2.45) is 5.92 Å². The van der Waals surface area contributed by atoms with Crippen LogP contribution in [-0.4, -0.2) is 13.1 Å². The zero-order valence-electron chi connectivity index (χ0n) is 9.47. The van der Waals surface area contributed by atoms with E-state index in [-0.39, 0.29) is 5.82 Å². The van der Waals surface area contributed by atoms with Crippen LogP contribution in [0.15, 0.2) is 22.7 Å². The smallest absolute Gasteiger partial charge is 0.124 e. The van der Waals surface area contributed by atoms with Gasteiger partial charge in [-0.25, -0.2) is 4.39 Å². The van der Waals surface area contributed by atoms with Crippen LogP contribution in [-0.2, 0) is 6.42 Å². The summed E-state index contributed by atoms with van der Waals surface area (Å²) in [5, 5.41) is 3.32. The van der Waals surface area contributed by atoms with Gasteiger partial charge in [0, 0.05) is 10.5 Å². The Balaban J connectivity index is 1.99. The first-order chi connectivity index (χ1) is 7.67. The molecule has 0 heterocycles. The Bertz CT molecular complexity index is 343. The quantitative estimate of drug-likeness (QED) is 0.873. The molecule has 1 nitrogen and oxygen atoms in total.